The molecule has 0 spiro atoms. The summed E-state index contributed by atoms with van der Waals surface area (Å²) in [4.78, 5) is 16.8. The molecule has 32 heavy (non-hydrogen) atoms. The maximum atomic E-state index is 12.8. The first-order chi connectivity index (χ1) is 15.7. The zero-order valence-electron chi connectivity index (χ0n) is 18.5. The van der Waals surface area contributed by atoms with Crippen LogP contribution < -0.4 is 14.4 Å². The van der Waals surface area contributed by atoms with Gasteiger partial charge < -0.3 is 19.3 Å². The van der Waals surface area contributed by atoms with Crippen LogP contribution in [0.3, 0.4) is 0 Å². The molecule has 0 saturated carbocycles. The Morgan fingerprint density at radius 1 is 0.938 bits per heavy atom. The SMILES string of the molecule is CCOc1ccc(-c2ccc(N3CCN(C(=O)Cc4ccccc4OC)CC3)nn2)cc1. The Kier molecular flexibility index (Phi) is 6.84. The standard InChI is InChI=1S/C25H28N4O3/c1-3-32-21-10-8-19(9-11-21)22-12-13-24(27-26-22)28-14-16-29(17-15-28)25(30)18-20-6-4-5-7-23(20)31-2/h4-13H,3,14-18H2,1-2H3. The molecule has 0 aliphatic carbocycles. The van der Waals surface area contributed by atoms with Crippen molar-refractivity contribution in [2.45, 2.75) is 13.3 Å². The van der Waals surface area contributed by atoms with Gasteiger partial charge in [-0.1, -0.05) is 18.2 Å². The number of piperazine rings is 1. The fraction of sp³-hybridized carbons (Fsp3) is 0.320. The van der Waals surface area contributed by atoms with Crippen molar-refractivity contribution in [2.75, 3.05) is 44.8 Å². The zero-order valence-corrected chi connectivity index (χ0v) is 18.5. The fourth-order valence-corrected chi connectivity index (χ4v) is 3.85. The Morgan fingerprint density at radius 2 is 1.69 bits per heavy atom. The normalized spacial score (nSPS) is 13.7. The van der Waals surface area contributed by atoms with Gasteiger partial charge in [0.15, 0.2) is 5.82 Å². The molecule has 0 radical (unpaired) electrons. The van der Waals surface area contributed by atoms with Gasteiger partial charge in [0, 0.05) is 37.3 Å². The second-order valence-electron chi connectivity index (χ2n) is 7.59. The van der Waals surface area contributed by atoms with Crippen molar-refractivity contribution in [3.8, 4) is 22.8 Å². The largest absolute Gasteiger partial charge is 0.496 e. The van der Waals surface area contributed by atoms with E-state index in [2.05, 4.69) is 15.1 Å². The van der Waals surface area contributed by atoms with Crippen molar-refractivity contribution in [3.05, 3.63) is 66.2 Å². The lowest BCUT2D eigenvalue weighted by atomic mass is 10.1. The summed E-state index contributed by atoms with van der Waals surface area (Å²) in [6.07, 6.45) is 0.348. The van der Waals surface area contributed by atoms with E-state index in [0.717, 1.165) is 47.2 Å². The van der Waals surface area contributed by atoms with Gasteiger partial charge >= 0.3 is 0 Å². The van der Waals surface area contributed by atoms with Crippen molar-refractivity contribution in [3.63, 3.8) is 0 Å². The number of hydrogen-bond donors (Lipinski definition) is 0. The molecule has 7 nitrogen and oxygen atoms in total. The zero-order chi connectivity index (χ0) is 22.3. The molecule has 4 rings (SSSR count). The van der Waals surface area contributed by atoms with E-state index >= 15 is 0 Å². The molecule has 0 bridgehead atoms. The van der Waals surface area contributed by atoms with Gasteiger partial charge in [-0.3, -0.25) is 4.79 Å². The molecule has 1 amide bonds. The maximum absolute atomic E-state index is 12.8. The molecule has 7 heteroatoms. The van der Waals surface area contributed by atoms with Crippen molar-refractivity contribution >= 4 is 11.7 Å². The van der Waals surface area contributed by atoms with Crippen molar-refractivity contribution < 1.29 is 14.3 Å². The summed E-state index contributed by atoms with van der Waals surface area (Å²) >= 11 is 0. The average molecular weight is 433 g/mol. The lowest BCUT2D eigenvalue weighted by molar-refractivity contribution is -0.130. The first-order valence-corrected chi connectivity index (χ1v) is 10.9. The van der Waals surface area contributed by atoms with E-state index in [4.69, 9.17) is 9.47 Å². The second-order valence-corrected chi connectivity index (χ2v) is 7.59. The molecule has 1 fully saturated rings. The van der Waals surface area contributed by atoms with E-state index < -0.39 is 0 Å². The van der Waals surface area contributed by atoms with Crippen LogP contribution in [0.1, 0.15) is 12.5 Å². The van der Waals surface area contributed by atoms with E-state index in [1.807, 2.05) is 72.5 Å². The number of nitrogens with zero attached hydrogens (tertiary/aromatic N) is 4. The van der Waals surface area contributed by atoms with Gasteiger partial charge in [0.2, 0.25) is 5.91 Å². The third-order valence-electron chi connectivity index (χ3n) is 5.60. The maximum Gasteiger partial charge on any atom is 0.227 e. The monoisotopic (exact) mass is 432 g/mol. The van der Waals surface area contributed by atoms with Crippen LogP contribution >= 0.6 is 0 Å². The molecular formula is C25H28N4O3. The lowest BCUT2D eigenvalue weighted by Gasteiger charge is -2.35. The highest BCUT2D eigenvalue weighted by Crippen LogP contribution is 2.23. The molecule has 1 aliphatic heterocycles. The number of amides is 1. The van der Waals surface area contributed by atoms with Gasteiger partial charge in [0.25, 0.3) is 0 Å². The number of aromatic nitrogens is 2. The third kappa shape index (κ3) is 4.99. The molecule has 1 aromatic heterocycles. The Morgan fingerprint density at radius 3 is 2.34 bits per heavy atom. The summed E-state index contributed by atoms with van der Waals surface area (Å²) in [7, 11) is 1.63. The smallest absolute Gasteiger partial charge is 0.227 e. The molecule has 0 N–H and O–H groups in total. The highest BCUT2D eigenvalue weighted by Gasteiger charge is 2.23. The van der Waals surface area contributed by atoms with Gasteiger partial charge in [-0.2, -0.15) is 0 Å². The molecule has 0 atom stereocenters. The summed E-state index contributed by atoms with van der Waals surface area (Å²) in [6, 6.07) is 19.5. The van der Waals surface area contributed by atoms with Gasteiger partial charge in [-0.15, -0.1) is 10.2 Å². The quantitative estimate of drug-likeness (QED) is 0.570. The van der Waals surface area contributed by atoms with Crippen LogP contribution in [0.25, 0.3) is 11.3 Å². The number of carbonyl (C=O) groups is 1. The highest BCUT2D eigenvalue weighted by molar-refractivity contribution is 5.79. The molecule has 1 aliphatic rings. The van der Waals surface area contributed by atoms with Crippen molar-refractivity contribution in [2.24, 2.45) is 0 Å². The lowest BCUT2D eigenvalue weighted by Crippen LogP contribution is -2.49. The summed E-state index contributed by atoms with van der Waals surface area (Å²) < 4.78 is 10.9. The number of ether oxygens (including phenoxy) is 2. The third-order valence-corrected chi connectivity index (χ3v) is 5.60. The summed E-state index contributed by atoms with van der Waals surface area (Å²) in [5.74, 6) is 2.55. The van der Waals surface area contributed by atoms with E-state index in [0.29, 0.717) is 26.1 Å². The first-order valence-electron chi connectivity index (χ1n) is 10.9. The molecule has 2 heterocycles. The van der Waals surface area contributed by atoms with Crippen LogP contribution in [-0.4, -0.2) is 60.9 Å². The van der Waals surface area contributed by atoms with Crippen LogP contribution in [0.15, 0.2) is 60.7 Å². The Bertz CT molecular complexity index is 1030. The van der Waals surface area contributed by atoms with Gasteiger partial charge in [0.05, 0.1) is 25.8 Å². The predicted molar refractivity (Wildman–Crippen MR) is 124 cm³/mol. The average Bonchev–Trinajstić information content (AvgIpc) is 2.85. The van der Waals surface area contributed by atoms with Crippen LogP contribution in [0.5, 0.6) is 11.5 Å². The molecule has 1 saturated heterocycles. The van der Waals surface area contributed by atoms with Gasteiger partial charge in [-0.05, 0) is 49.4 Å². The number of hydrogen-bond acceptors (Lipinski definition) is 6. The number of carbonyl (C=O) groups excluding carboxylic acids is 1. The van der Waals surface area contributed by atoms with Crippen LogP contribution in [0, 0.1) is 0 Å². The van der Waals surface area contributed by atoms with Crippen LogP contribution in [-0.2, 0) is 11.2 Å². The van der Waals surface area contributed by atoms with E-state index in [1.165, 1.54) is 0 Å². The first kappa shape index (κ1) is 21.6. The molecule has 166 valence electrons. The van der Waals surface area contributed by atoms with E-state index in [1.54, 1.807) is 7.11 Å². The fourth-order valence-electron chi connectivity index (χ4n) is 3.85. The van der Waals surface area contributed by atoms with Gasteiger partial charge in [-0.25, -0.2) is 0 Å². The second kappa shape index (κ2) is 10.1. The molecular weight excluding hydrogens is 404 g/mol. The Labute approximate surface area is 188 Å². The van der Waals surface area contributed by atoms with E-state index in [9.17, 15) is 4.79 Å². The number of benzene rings is 2. The highest BCUT2D eigenvalue weighted by atomic mass is 16.5. The number of rotatable bonds is 7. The summed E-state index contributed by atoms with van der Waals surface area (Å²) in [5, 5.41) is 8.82. The predicted octanol–water partition coefficient (Wildman–Crippen LogP) is 3.44. The minimum atomic E-state index is 0.117. The number of para-hydroxylation sites is 1. The van der Waals surface area contributed by atoms with Gasteiger partial charge in [0.1, 0.15) is 11.5 Å². The Hall–Kier alpha value is -3.61. The van der Waals surface area contributed by atoms with Crippen LogP contribution in [0.2, 0.25) is 0 Å². The van der Waals surface area contributed by atoms with E-state index in [-0.39, 0.29) is 5.91 Å². The molecule has 3 aromatic rings. The summed E-state index contributed by atoms with van der Waals surface area (Å²) in [6.45, 7) is 5.40. The Balaban J connectivity index is 1.33. The molecule has 0 unspecified atom stereocenters. The minimum absolute atomic E-state index is 0.117. The van der Waals surface area contributed by atoms with Crippen molar-refractivity contribution in [1.29, 1.82) is 0 Å². The van der Waals surface area contributed by atoms with Crippen molar-refractivity contribution in [1.82, 2.24) is 15.1 Å². The summed E-state index contributed by atoms with van der Waals surface area (Å²) in [5.41, 5.74) is 2.74. The van der Waals surface area contributed by atoms with Crippen LogP contribution in [0.4, 0.5) is 5.82 Å². The minimum Gasteiger partial charge on any atom is -0.496 e. The molecule has 2 aromatic carbocycles. The topological polar surface area (TPSA) is 67.8 Å². The number of methoxy groups -OCH3 is 1. The number of anilines is 1.